The fourth-order valence-electron chi connectivity index (χ4n) is 2.99. The highest BCUT2D eigenvalue weighted by molar-refractivity contribution is 6.30. The molecule has 0 bridgehead atoms. The number of nitrogens with two attached hydrogens (primary N) is 1. The first-order chi connectivity index (χ1) is 11.2. The third-order valence-corrected chi connectivity index (χ3v) is 4.55. The molecule has 1 fully saturated rings. The summed E-state index contributed by atoms with van der Waals surface area (Å²) in [7, 11) is 0. The average Bonchev–Trinajstić information content (AvgIpc) is 2.57. The van der Waals surface area contributed by atoms with Gasteiger partial charge in [-0.1, -0.05) is 30.7 Å². The summed E-state index contributed by atoms with van der Waals surface area (Å²) in [5.74, 6) is 1.59. The van der Waals surface area contributed by atoms with E-state index in [1.807, 2.05) is 12.1 Å². The van der Waals surface area contributed by atoms with Gasteiger partial charge in [-0.15, -0.1) is 0 Å². The normalized spacial score (nSPS) is 15.8. The van der Waals surface area contributed by atoms with E-state index < -0.39 is 0 Å². The molecular formula is C17H22ClN5. The Morgan fingerprint density at radius 2 is 1.78 bits per heavy atom. The zero-order chi connectivity index (χ0) is 16.2. The van der Waals surface area contributed by atoms with Crippen molar-refractivity contribution in [3.05, 3.63) is 46.7 Å². The van der Waals surface area contributed by atoms with Crippen molar-refractivity contribution in [3.63, 3.8) is 0 Å². The molecule has 0 atom stereocenters. The fourth-order valence-corrected chi connectivity index (χ4v) is 3.12. The molecule has 3 rings (SSSR count). The van der Waals surface area contributed by atoms with Crippen LogP contribution < -0.4 is 10.6 Å². The van der Waals surface area contributed by atoms with E-state index in [1.165, 1.54) is 5.56 Å². The molecule has 0 saturated carbocycles. The van der Waals surface area contributed by atoms with Crippen LogP contribution in [-0.4, -0.2) is 41.0 Å². The molecule has 6 heteroatoms. The Hall–Kier alpha value is -1.85. The van der Waals surface area contributed by atoms with E-state index >= 15 is 0 Å². The first-order valence-corrected chi connectivity index (χ1v) is 8.36. The Bertz CT molecular complexity index is 651. The summed E-state index contributed by atoms with van der Waals surface area (Å²) in [6.07, 6.45) is 2.41. The summed E-state index contributed by atoms with van der Waals surface area (Å²) >= 11 is 5.94. The van der Waals surface area contributed by atoms with Crippen LogP contribution in [0.5, 0.6) is 0 Å². The largest absolute Gasteiger partial charge is 0.383 e. The van der Waals surface area contributed by atoms with E-state index in [-0.39, 0.29) is 0 Å². The SMILES string of the molecule is CCc1c(N)ncnc1N1CCN(Cc2ccc(Cl)cc2)CC1. The molecule has 0 spiro atoms. The van der Waals surface area contributed by atoms with Crippen molar-refractivity contribution < 1.29 is 0 Å². The number of rotatable bonds is 4. The Morgan fingerprint density at radius 1 is 1.09 bits per heavy atom. The molecule has 0 amide bonds. The quantitative estimate of drug-likeness (QED) is 0.933. The van der Waals surface area contributed by atoms with Gasteiger partial charge in [0.25, 0.3) is 0 Å². The fraction of sp³-hybridized carbons (Fsp3) is 0.412. The molecule has 1 aliphatic rings. The van der Waals surface area contributed by atoms with E-state index in [2.05, 4.69) is 38.8 Å². The summed E-state index contributed by atoms with van der Waals surface area (Å²) in [6, 6.07) is 8.08. The Balaban J connectivity index is 1.62. The molecule has 2 N–H and O–H groups in total. The second-order valence-electron chi connectivity index (χ2n) is 5.80. The molecule has 1 aromatic carbocycles. The van der Waals surface area contributed by atoms with Crippen molar-refractivity contribution in [1.29, 1.82) is 0 Å². The molecular weight excluding hydrogens is 310 g/mol. The Labute approximate surface area is 142 Å². The molecule has 1 aliphatic heterocycles. The van der Waals surface area contributed by atoms with Gasteiger partial charge in [-0.3, -0.25) is 4.90 Å². The molecule has 0 aliphatic carbocycles. The standard InChI is InChI=1S/C17H22ClN5/c1-2-15-16(19)20-12-21-17(15)23-9-7-22(8-10-23)11-13-3-5-14(18)6-4-13/h3-6,12H,2,7-11H2,1H3,(H2,19,20,21). The van der Waals surface area contributed by atoms with E-state index in [0.717, 1.165) is 55.5 Å². The van der Waals surface area contributed by atoms with Crippen molar-refractivity contribution >= 4 is 23.2 Å². The van der Waals surface area contributed by atoms with Crippen molar-refractivity contribution in [3.8, 4) is 0 Å². The van der Waals surface area contributed by atoms with E-state index in [1.54, 1.807) is 6.33 Å². The summed E-state index contributed by atoms with van der Waals surface area (Å²) in [4.78, 5) is 13.3. The number of aromatic nitrogens is 2. The van der Waals surface area contributed by atoms with Crippen LogP contribution in [0.4, 0.5) is 11.6 Å². The molecule has 0 radical (unpaired) electrons. The second-order valence-corrected chi connectivity index (χ2v) is 6.24. The lowest BCUT2D eigenvalue weighted by molar-refractivity contribution is 0.249. The van der Waals surface area contributed by atoms with Crippen LogP contribution in [0.3, 0.4) is 0 Å². The molecule has 5 nitrogen and oxygen atoms in total. The smallest absolute Gasteiger partial charge is 0.137 e. The van der Waals surface area contributed by atoms with Crippen LogP contribution >= 0.6 is 11.6 Å². The Kier molecular flexibility index (Phi) is 4.98. The summed E-state index contributed by atoms with van der Waals surface area (Å²) in [5.41, 5.74) is 8.33. The molecule has 122 valence electrons. The highest BCUT2D eigenvalue weighted by atomic mass is 35.5. The van der Waals surface area contributed by atoms with Gasteiger partial charge in [0.1, 0.15) is 18.0 Å². The number of anilines is 2. The molecule has 1 saturated heterocycles. The van der Waals surface area contributed by atoms with Crippen LogP contribution in [0.2, 0.25) is 5.02 Å². The minimum atomic E-state index is 0.598. The van der Waals surface area contributed by atoms with Crippen LogP contribution in [0.1, 0.15) is 18.1 Å². The number of piperazine rings is 1. The highest BCUT2D eigenvalue weighted by Gasteiger charge is 2.21. The summed E-state index contributed by atoms with van der Waals surface area (Å²) < 4.78 is 0. The van der Waals surface area contributed by atoms with Crippen molar-refractivity contribution in [2.45, 2.75) is 19.9 Å². The lowest BCUT2D eigenvalue weighted by Crippen LogP contribution is -2.46. The van der Waals surface area contributed by atoms with Crippen molar-refractivity contribution in [2.24, 2.45) is 0 Å². The zero-order valence-corrected chi connectivity index (χ0v) is 14.1. The van der Waals surface area contributed by atoms with Crippen LogP contribution in [0.15, 0.2) is 30.6 Å². The monoisotopic (exact) mass is 331 g/mol. The molecule has 2 aromatic rings. The zero-order valence-electron chi connectivity index (χ0n) is 13.4. The van der Waals surface area contributed by atoms with Gasteiger partial charge in [0, 0.05) is 43.3 Å². The maximum atomic E-state index is 5.98. The number of benzene rings is 1. The van der Waals surface area contributed by atoms with Crippen molar-refractivity contribution in [2.75, 3.05) is 36.8 Å². The predicted octanol–water partition coefficient (Wildman–Crippen LogP) is 2.60. The Morgan fingerprint density at radius 3 is 2.43 bits per heavy atom. The van der Waals surface area contributed by atoms with Crippen LogP contribution in [-0.2, 0) is 13.0 Å². The van der Waals surface area contributed by atoms with Gasteiger partial charge in [-0.25, -0.2) is 9.97 Å². The third-order valence-electron chi connectivity index (χ3n) is 4.30. The summed E-state index contributed by atoms with van der Waals surface area (Å²) in [6.45, 7) is 6.98. The first kappa shape index (κ1) is 16.0. The van der Waals surface area contributed by atoms with E-state index in [0.29, 0.717) is 5.82 Å². The molecule has 2 heterocycles. The second kappa shape index (κ2) is 7.15. The number of halogens is 1. The number of nitrogen functional groups attached to an aromatic ring is 1. The number of hydrogen-bond donors (Lipinski definition) is 1. The summed E-state index contributed by atoms with van der Waals surface area (Å²) in [5, 5.41) is 0.784. The van der Waals surface area contributed by atoms with Crippen LogP contribution in [0.25, 0.3) is 0 Å². The van der Waals surface area contributed by atoms with E-state index in [9.17, 15) is 0 Å². The topological polar surface area (TPSA) is 58.3 Å². The van der Waals surface area contributed by atoms with Gasteiger partial charge < -0.3 is 10.6 Å². The maximum absolute atomic E-state index is 5.98. The van der Waals surface area contributed by atoms with Gasteiger partial charge in [-0.2, -0.15) is 0 Å². The van der Waals surface area contributed by atoms with Gasteiger partial charge in [-0.05, 0) is 24.1 Å². The minimum absolute atomic E-state index is 0.598. The maximum Gasteiger partial charge on any atom is 0.137 e. The van der Waals surface area contributed by atoms with Gasteiger partial charge in [0.2, 0.25) is 0 Å². The molecule has 0 unspecified atom stereocenters. The number of hydrogen-bond acceptors (Lipinski definition) is 5. The van der Waals surface area contributed by atoms with Crippen LogP contribution in [0, 0.1) is 0 Å². The lowest BCUT2D eigenvalue weighted by Gasteiger charge is -2.36. The predicted molar refractivity (Wildman–Crippen MR) is 94.8 cm³/mol. The van der Waals surface area contributed by atoms with Gasteiger partial charge >= 0.3 is 0 Å². The van der Waals surface area contributed by atoms with E-state index in [4.69, 9.17) is 17.3 Å². The van der Waals surface area contributed by atoms with Gasteiger partial charge in [0.05, 0.1) is 0 Å². The lowest BCUT2D eigenvalue weighted by atomic mass is 10.1. The van der Waals surface area contributed by atoms with Crippen molar-refractivity contribution in [1.82, 2.24) is 14.9 Å². The first-order valence-electron chi connectivity index (χ1n) is 7.98. The molecule has 23 heavy (non-hydrogen) atoms. The number of nitrogens with zero attached hydrogens (tertiary/aromatic N) is 4. The average molecular weight is 332 g/mol. The minimum Gasteiger partial charge on any atom is -0.383 e. The van der Waals surface area contributed by atoms with Gasteiger partial charge in [0.15, 0.2) is 0 Å². The molecule has 1 aromatic heterocycles. The highest BCUT2D eigenvalue weighted by Crippen LogP contribution is 2.23. The third kappa shape index (κ3) is 3.74.